The van der Waals surface area contributed by atoms with E-state index in [4.69, 9.17) is 0 Å². The van der Waals surface area contributed by atoms with Crippen LogP contribution in [0.4, 0.5) is 5.69 Å². The van der Waals surface area contributed by atoms with Crippen LogP contribution in [0.15, 0.2) is 18.2 Å². The summed E-state index contributed by atoms with van der Waals surface area (Å²) in [6, 6.07) is 5.32. The van der Waals surface area contributed by atoms with E-state index in [1.54, 1.807) is 12.1 Å². The van der Waals surface area contributed by atoms with Crippen molar-refractivity contribution in [3.8, 4) is 0 Å². The lowest BCUT2D eigenvalue weighted by Gasteiger charge is -2.11. The maximum atomic E-state index is 10.6. The van der Waals surface area contributed by atoms with Gasteiger partial charge in [0.2, 0.25) is 0 Å². The van der Waals surface area contributed by atoms with Crippen molar-refractivity contribution in [2.45, 2.75) is 23.3 Å². The number of thioether (sulfide) groups is 1. The van der Waals surface area contributed by atoms with Gasteiger partial charge in [0.25, 0.3) is 5.69 Å². The molecule has 72 valence electrons. The van der Waals surface area contributed by atoms with Crippen LogP contribution in [0, 0.1) is 10.1 Å². The van der Waals surface area contributed by atoms with Gasteiger partial charge in [-0.25, -0.2) is 0 Å². The molecule has 0 amide bonds. The number of hydrogen-bond donors (Lipinski definition) is 0. The van der Waals surface area contributed by atoms with Gasteiger partial charge in [-0.1, -0.05) is 6.07 Å². The molecule has 1 saturated heterocycles. The molecule has 0 spiro atoms. The van der Waals surface area contributed by atoms with Crippen LogP contribution in [0.1, 0.15) is 34.5 Å². The summed E-state index contributed by atoms with van der Waals surface area (Å²) in [4.78, 5) is 10.3. The van der Waals surface area contributed by atoms with Crippen LogP contribution in [0.5, 0.6) is 0 Å². The van der Waals surface area contributed by atoms with Gasteiger partial charge < -0.3 is 0 Å². The maximum absolute atomic E-state index is 10.6. The molecular weight excluding hydrogens is 198 g/mol. The van der Waals surface area contributed by atoms with E-state index in [0.717, 1.165) is 0 Å². The standard InChI is InChI=1S/C10H9NO2S/c12-11(13)6-1-2-7-8(5-6)10-4-3-9(7)14-10/h1-2,5,9-10H,3-4H2. The summed E-state index contributed by atoms with van der Waals surface area (Å²) in [5, 5.41) is 11.7. The Labute approximate surface area is 85.7 Å². The quantitative estimate of drug-likeness (QED) is 0.524. The van der Waals surface area contributed by atoms with Crippen LogP contribution in [0.2, 0.25) is 0 Å². The van der Waals surface area contributed by atoms with Crippen LogP contribution in [0.25, 0.3) is 0 Å². The minimum atomic E-state index is -0.309. The van der Waals surface area contributed by atoms with Gasteiger partial charge in [-0.15, -0.1) is 11.8 Å². The molecule has 1 fully saturated rings. The minimum Gasteiger partial charge on any atom is -0.258 e. The number of rotatable bonds is 1. The van der Waals surface area contributed by atoms with Crippen LogP contribution >= 0.6 is 11.8 Å². The lowest BCUT2D eigenvalue weighted by molar-refractivity contribution is -0.384. The number of nitro benzene ring substituents is 1. The molecule has 14 heavy (non-hydrogen) atoms. The number of fused-ring (bicyclic) bond motifs is 5. The highest BCUT2D eigenvalue weighted by Gasteiger charge is 2.38. The molecule has 0 N–H and O–H groups in total. The van der Waals surface area contributed by atoms with Crippen LogP contribution in [-0.2, 0) is 0 Å². The van der Waals surface area contributed by atoms with Crippen molar-refractivity contribution in [3.63, 3.8) is 0 Å². The lowest BCUT2D eigenvalue weighted by atomic mass is 9.91. The number of non-ortho nitro benzene ring substituents is 1. The molecule has 0 aromatic heterocycles. The third-order valence-corrected chi connectivity index (χ3v) is 4.63. The molecule has 1 aromatic rings. The van der Waals surface area contributed by atoms with Gasteiger partial charge in [-0.3, -0.25) is 10.1 Å². The van der Waals surface area contributed by atoms with Gasteiger partial charge in [0.15, 0.2) is 0 Å². The molecule has 2 bridgehead atoms. The Balaban J connectivity index is 2.12. The van der Waals surface area contributed by atoms with Crippen LogP contribution in [-0.4, -0.2) is 4.92 Å². The summed E-state index contributed by atoms with van der Waals surface area (Å²) in [6.07, 6.45) is 2.42. The predicted octanol–water partition coefficient (Wildman–Crippen LogP) is 3.22. The smallest absolute Gasteiger partial charge is 0.258 e. The average molecular weight is 207 g/mol. The first-order chi connectivity index (χ1) is 6.75. The normalized spacial score (nSPS) is 27.7. The molecule has 1 aromatic carbocycles. The Bertz CT molecular complexity index is 419. The maximum Gasteiger partial charge on any atom is 0.269 e. The van der Waals surface area contributed by atoms with E-state index in [0.29, 0.717) is 10.5 Å². The van der Waals surface area contributed by atoms with E-state index in [1.165, 1.54) is 24.0 Å². The van der Waals surface area contributed by atoms with Gasteiger partial charge in [0, 0.05) is 22.6 Å². The largest absolute Gasteiger partial charge is 0.269 e. The molecular formula is C10H9NO2S. The zero-order valence-corrected chi connectivity index (χ0v) is 8.29. The summed E-state index contributed by atoms with van der Waals surface area (Å²) in [6.45, 7) is 0. The molecule has 0 aliphatic carbocycles. The van der Waals surface area contributed by atoms with Gasteiger partial charge in [0.05, 0.1) is 4.92 Å². The van der Waals surface area contributed by atoms with E-state index in [2.05, 4.69) is 0 Å². The first-order valence-corrected chi connectivity index (χ1v) is 5.63. The Morgan fingerprint density at radius 2 is 2.00 bits per heavy atom. The van der Waals surface area contributed by atoms with Crippen molar-refractivity contribution in [3.05, 3.63) is 39.4 Å². The van der Waals surface area contributed by atoms with Gasteiger partial charge in [-0.05, 0) is 24.0 Å². The third kappa shape index (κ3) is 1.00. The van der Waals surface area contributed by atoms with E-state index in [-0.39, 0.29) is 10.6 Å². The van der Waals surface area contributed by atoms with E-state index in [1.807, 2.05) is 17.8 Å². The summed E-state index contributed by atoms with van der Waals surface area (Å²) >= 11 is 1.96. The fourth-order valence-electron chi connectivity index (χ4n) is 2.34. The molecule has 2 unspecified atom stereocenters. The van der Waals surface area contributed by atoms with Gasteiger partial charge in [0.1, 0.15) is 0 Å². The number of nitrogens with zero attached hydrogens (tertiary/aromatic N) is 1. The lowest BCUT2D eigenvalue weighted by Crippen LogP contribution is -1.99. The fraction of sp³-hybridized carbons (Fsp3) is 0.400. The first kappa shape index (κ1) is 8.29. The number of nitro groups is 1. The zero-order chi connectivity index (χ0) is 9.71. The fourth-order valence-corrected chi connectivity index (χ4v) is 4.00. The molecule has 3 nitrogen and oxygen atoms in total. The highest BCUT2D eigenvalue weighted by molar-refractivity contribution is 8.00. The Morgan fingerprint density at radius 1 is 1.29 bits per heavy atom. The van der Waals surface area contributed by atoms with Gasteiger partial charge >= 0.3 is 0 Å². The second kappa shape index (κ2) is 2.73. The van der Waals surface area contributed by atoms with Crippen molar-refractivity contribution in [1.82, 2.24) is 0 Å². The van der Waals surface area contributed by atoms with Crippen LogP contribution < -0.4 is 0 Å². The topological polar surface area (TPSA) is 43.1 Å². The molecule has 2 heterocycles. The highest BCUT2D eigenvalue weighted by Crippen LogP contribution is 2.61. The molecule has 2 aliphatic rings. The Kier molecular flexibility index (Phi) is 1.62. The molecule has 4 heteroatoms. The SMILES string of the molecule is O=[N+]([O-])c1ccc2c(c1)C1CCC2S1. The van der Waals surface area contributed by atoms with E-state index >= 15 is 0 Å². The van der Waals surface area contributed by atoms with Crippen molar-refractivity contribution < 1.29 is 4.92 Å². The van der Waals surface area contributed by atoms with Crippen molar-refractivity contribution in [2.24, 2.45) is 0 Å². The zero-order valence-electron chi connectivity index (χ0n) is 7.47. The second-order valence-corrected chi connectivity index (χ2v) is 5.17. The first-order valence-electron chi connectivity index (χ1n) is 4.69. The van der Waals surface area contributed by atoms with Gasteiger partial charge in [-0.2, -0.15) is 0 Å². The summed E-state index contributed by atoms with van der Waals surface area (Å²) in [5.74, 6) is 0. The van der Waals surface area contributed by atoms with Crippen molar-refractivity contribution >= 4 is 17.4 Å². The predicted molar refractivity (Wildman–Crippen MR) is 55.4 cm³/mol. The van der Waals surface area contributed by atoms with Crippen molar-refractivity contribution in [2.75, 3.05) is 0 Å². The van der Waals surface area contributed by atoms with E-state index < -0.39 is 0 Å². The summed E-state index contributed by atoms with van der Waals surface area (Å²) in [5.41, 5.74) is 2.77. The van der Waals surface area contributed by atoms with E-state index in [9.17, 15) is 10.1 Å². The number of hydrogen-bond acceptors (Lipinski definition) is 3. The number of benzene rings is 1. The molecule has 0 saturated carbocycles. The average Bonchev–Trinajstić information content (AvgIpc) is 2.77. The minimum absolute atomic E-state index is 0.233. The molecule has 2 atom stereocenters. The third-order valence-electron chi connectivity index (χ3n) is 2.99. The molecule has 0 radical (unpaired) electrons. The summed E-state index contributed by atoms with van der Waals surface area (Å²) < 4.78 is 0. The highest BCUT2D eigenvalue weighted by atomic mass is 32.2. The Morgan fingerprint density at radius 3 is 2.71 bits per heavy atom. The monoisotopic (exact) mass is 207 g/mol. The molecule has 3 rings (SSSR count). The van der Waals surface area contributed by atoms with Crippen LogP contribution in [0.3, 0.4) is 0 Å². The Hall–Kier alpha value is -1.03. The molecule has 2 aliphatic heterocycles. The second-order valence-electron chi connectivity index (χ2n) is 3.76. The summed E-state index contributed by atoms with van der Waals surface area (Å²) in [7, 11) is 0. The van der Waals surface area contributed by atoms with Crippen molar-refractivity contribution in [1.29, 1.82) is 0 Å².